The van der Waals surface area contributed by atoms with E-state index in [0.29, 0.717) is 6.04 Å². The van der Waals surface area contributed by atoms with Crippen molar-refractivity contribution in [1.29, 1.82) is 0 Å². The number of hydrogen-bond donors (Lipinski definition) is 2. The van der Waals surface area contributed by atoms with Crippen molar-refractivity contribution >= 4 is 5.96 Å². The first-order valence-corrected chi connectivity index (χ1v) is 11.2. The Labute approximate surface area is 169 Å². The van der Waals surface area contributed by atoms with Gasteiger partial charge in [-0.3, -0.25) is 4.99 Å². The highest BCUT2D eigenvalue weighted by Gasteiger charge is 2.31. The molecular weight excluding hydrogens is 348 g/mol. The molecule has 3 aliphatic rings. The lowest BCUT2D eigenvalue weighted by Gasteiger charge is -2.33. The second kappa shape index (κ2) is 9.75. The van der Waals surface area contributed by atoms with Gasteiger partial charge in [-0.1, -0.05) is 24.3 Å². The summed E-state index contributed by atoms with van der Waals surface area (Å²) in [6.07, 6.45) is 10.1. The number of nitrogens with one attached hydrogen (secondary N) is 2. The van der Waals surface area contributed by atoms with Crippen molar-refractivity contribution in [1.82, 2.24) is 15.5 Å². The molecule has 2 N–H and O–H groups in total. The van der Waals surface area contributed by atoms with Gasteiger partial charge in [0.1, 0.15) is 0 Å². The number of aliphatic imine (C=N–C) groups is 1. The first-order valence-electron chi connectivity index (χ1n) is 11.2. The van der Waals surface area contributed by atoms with Gasteiger partial charge in [0.25, 0.3) is 0 Å². The van der Waals surface area contributed by atoms with Gasteiger partial charge in [-0.15, -0.1) is 0 Å². The van der Waals surface area contributed by atoms with Crippen molar-refractivity contribution in [3.05, 3.63) is 35.4 Å². The number of aryl methyl sites for hydroxylation is 1. The van der Waals surface area contributed by atoms with Crippen molar-refractivity contribution in [2.45, 2.75) is 69.6 Å². The number of likely N-dealkylation sites (tertiary alicyclic amines) is 1. The monoisotopic (exact) mass is 384 g/mol. The van der Waals surface area contributed by atoms with E-state index < -0.39 is 0 Å². The lowest BCUT2D eigenvalue weighted by molar-refractivity contribution is 0.0398. The molecule has 1 aromatic carbocycles. The van der Waals surface area contributed by atoms with Crippen LogP contribution in [-0.2, 0) is 11.2 Å². The number of nitrogens with zero attached hydrogens (tertiary/aromatic N) is 2. The summed E-state index contributed by atoms with van der Waals surface area (Å²) < 4.78 is 6.21. The van der Waals surface area contributed by atoms with E-state index in [9.17, 15) is 0 Å². The Kier molecular flexibility index (Phi) is 6.86. The number of ether oxygens (including phenoxy) is 1. The summed E-state index contributed by atoms with van der Waals surface area (Å²) >= 11 is 0. The zero-order valence-corrected chi connectivity index (χ0v) is 17.3. The van der Waals surface area contributed by atoms with E-state index in [1.54, 1.807) is 0 Å². The Bertz CT molecular complexity index is 650. The fourth-order valence-corrected chi connectivity index (χ4v) is 4.62. The molecule has 1 saturated carbocycles. The molecule has 0 radical (unpaired) electrons. The molecule has 4 rings (SSSR count). The van der Waals surface area contributed by atoms with Crippen LogP contribution in [0.5, 0.6) is 0 Å². The minimum Gasteiger partial charge on any atom is -0.373 e. The first kappa shape index (κ1) is 19.7. The summed E-state index contributed by atoms with van der Waals surface area (Å²) in [4.78, 5) is 7.07. The summed E-state index contributed by atoms with van der Waals surface area (Å²) in [6.45, 7) is 4.16. The topological polar surface area (TPSA) is 48.9 Å². The zero-order chi connectivity index (χ0) is 19.2. The molecule has 154 valence electrons. The van der Waals surface area contributed by atoms with Crippen LogP contribution in [0.4, 0.5) is 0 Å². The van der Waals surface area contributed by atoms with Crippen molar-refractivity contribution < 1.29 is 4.74 Å². The lowest BCUT2D eigenvalue weighted by atomic mass is 9.89. The molecule has 1 saturated heterocycles. The molecule has 0 aromatic heterocycles. The zero-order valence-electron chi connectivity index (χ0n) is 17.3. The molecule has 1 unspecified atom stereocenters. The highest BCUT2D eigenvalue weighted by atomic mass is 16.5. The van der Waals surface area contributed by atoms with E-state index in [1.165, 1.54) is 62.7 Å². The van der Waals surface area contributed by atoms with E-state index in [0.717, 1.165) is 38.0 Å². The van der Waals surface area contributed by atoms with E-state index >= 15 is 0 Å². The maximum atomic E-state index is 6.21. The van der Waals surface area contributed by atoms with Crippen LogP contribution >= 0.6 is 0 Å². The van der Waals surface area contributed by atoms with E-state index in [1.807, 2.05) is 7.05 Å². The molecule has 1 atom stereocenters. The van der Waals surface area contributed by atoms with Crippen LogP contribution in [0.2, 0.25) is 0 Å². The average molecular weight is 385 g/mol. The summed E-state index contributed by atoms with van der Waals surface area (Å²) in [5.74, 6) is 0.938. The van der Waals surface area contributed by atoms with Gasteiger partial charge in [0.2, 0.25) is 0 Å². The smallest absolute Gasteiger partial charge is 0.191 e. The van der Waals surface area contributed by atoms with Crippen molar-refractivity contribution in [3.63, 3.8) is 0 Å². The summed E-state index contributed by atoms with van der Waals surface area (Å²) in [5, 5.41) is 7.08. The summed E-state index contributed by atoms with van der Waals surface area (Å²) in [6, 6.07) is 10.2. The Hall–Kier alpha value is -1.59. The second-order valence-electron chi connectivity index (χ2n) is 8.49. The Balaban J connectivity index is 1.12. The SMILES string of the molecule is CN=C(NCCCOC1CCCc2ccccc21)NC1CCN(C2CC2)CC1. The second-order valence-corrected chi connectivity index (χ2v) is 8.49. The largest absolute Gasteiger partial charge is 0.373 e. The average Bonchev–Trinajstić information content (AvgIpc) is 3.58. The normalized spacial score (nSPS) is 24.0. The highest BCUT2D eigenvalue weighted by Crippen LogP contribution is 2.32. The summed E-state index contributed by atoms with van der Waals surface area (Å²) in [7, 11) is 1.87. The molecule has 5 heteroatoms. The van der Waals surface area contributed by atoms with Gasteiger partial charge in [-0.05, 0) is 62.5 Å². The minimum absolute atomic E-state index is 0.277. The Morgan fingerprint density at radius 1 is 1.14 bits per heavy atom. The van der Waals surface area contributed by atoms with Crippen molar-refractivity contribution in [3.8, 4) is 0 Å². The molecular formula is C23H36N4O. The van der Waals surface area contributed by atoms with Gasteiger partial charge in [-0.2, -0.15) is 0 Å². The number of benzene rings is 1. The fourth-order valence-electron chi connectivity index (χ4n) is 4.62. The predicted octanol–water partition coefficient (Wildman–Crippen LogP) is 3.26. The van der Waals surface area contributed by atoms with E-state index in [4.69, 9.17) is 4.74 Å². The van der Waals surface area contributed by atoms with Crippen molar-refractivity contribution in [2.75, 3.05) is 33.3 Å². The van der Waals surface area contributed by atoms with Crippen LogP contribution in [-0.4, -0.2) is 56.2 Å². The van der Waals surface area contributed by atoms with Crippen LogP contribution in [0.15, 0.2) is 29.3 Å². The first-order chi connectivity index (χ1) is 13.8. The summed E-state index contributed by atoms with van der Waals surface area (Å²) in [5.41, 5.74) is 2.87. The third-order valence-corrected chi connectivity index (χ3v) is 6.40. The maximum absolute atomic E-state index is 6.21. The minimum atomic E-state index is 0.277. The molecule has 1 aliphatic heterocycles. The van der Waals surface area contributed by atoms with Crippen LogP contribution in [0.25, 0.3) is 0 Å². The molecule has 2 aliphatic carbocycles. The standard InChI is InChI=1S/C23H36N4O/c1-24-23(26-19-12-15-27(16-13-19)20-10-11-20)25-14-5-17-28-22-9-4-7-18-6-2-3-8-21(18)22/h2-3,6,8,19-20,22H,4-5,7,9-17H2,1H3,(H2,24,25,26). The number of piperidine rings is 1. The predicted molar refractivity (Wildman–Crippen MR) is 115 cm³/mol. The lowest BCUT2D eigenvalue weighted by Crippen LogP contribution is -2.49. The molecule has 0 amide bonds. The molecule has 2 fully saturated rings. The van der Waals surface area contributed by atoms with Gasteiger partial charge in [-0.25, -0.2) is 0 Å². The maximum Gasteiger partial charge on any atom is 0.191 e. The van der Waals surface area contributed by atoms with Crippen LogP contribution < -0.4 is 10.6 Å². The number of guanidine groups is 1. The molecule has 5 nitrogen and oxygen atoms in total. The van der Waals surface area contributed by atoms with Gasteiger partial charge >= 0.3 is 0 Å². The third-order valence-electron chi connectivity index (χ3n) is 6.40. The number of hydrogen-bond acceptors (Lipinski definition) is 3. The number of fused-ring (bicyclic) bond motifs is 1. The molecule has 1 aromatic rings. The van der Waals surface area contributed by atoms with Gasteiger partial charge in [0, 0.05) is 45.4 Å². The fraction of sp³-hybridized carbons (Fsp3) is 0.696. The van der Waals surface area contributed by atoms with E-state index in [2.05, 4.69) is 44.8 Å². The van der Waals surface area contributed by atoms with Crippen molar-refractivity contribution in [2.24, 2.45) is 4.99 Å². The Morgan fingerprint density at radius 2 is 1.96 bits per heavy atom. The van der Waals surface area contributed by atoms with Crippen LogP contribution in [0.3, 0.4) is 0 Å². The van der Waals surface area contributed by atoms with Gasteiger partial charge < -0.3 is 20.3 Å². The van der Waals surface area contributed by atoms with Crippen LogP contribution in [0.1, 0.15) is 62.2 Å². The molecule has 28 heavy (non-hydrogen) atoms. The van der Waals surface area contributed by atoms with E-state index in [-0.39, 0.29) is 6.10 Å². The molecule has 0 bridgehead atoms. The molecule has 1 heterocycles. The highest BCUT2D eigenvalue weighted by molar-refractivity contribution is 5.79. The number of rotatable bonds is 7. The van der Waals surface area contributed by atoms with Gasteiger partial charge in [0.15, 0.2) is 5.96 Å². The quantitative estimate of drug-likeness (QED) is 0.430. The third kappa shape index (κ3) is 5.26. The molecule has 0 spiro atoms. The Morgan fingerprint density at radius 3 is 2.75 bits per heavy atom. The van der Waals surface area contributed by atoms with Gasteiger partial charge in [0.05, 0.1) is 6.10 Å². The van der Waals surface area contributed by atoms with Crippen LogP contribution in [0, 0.1) is 0 Å².